The van der Waals surface area contributed by atoms with E-state index in [-0.39, 0.29) is 23.5 Å². The summed E-state index contributed by atoms with van der Waals surface area (Å²) in [6.45, 7) is 4.96. The van der Waals surface area contributed by atoms with Gasteiger partial charge >= 0.3 is 0 Å². The Kier molecular flexibility index (Phi) is 6.35. The number of anilines is 1. The van der Waals surface area contributed by atoms with Crippen LogP contribution < -0.4 is 15.5 Å². The molecule has 0 saturated heterocycles. The summed E-state index contributed by atoms with van der Waals surface area (Å²) in [5, 5.41) is 9.79. The molecule has 7 nitrogen and oxygen atoms in total. The highest BCUT2D eigenvalue weighted by atomic mass is 16.5. The van der Waals surface area contributed by atoms with E-state index < -0.39 is 0 Å². The molecule has 1 aromatic heterocycles. The van der Waals surface area contributed by atoms with Crippen molar-refractivity contribution in [1.29, 1.82) is 0 Å². The fourth-order valence-corrected chi connectivity index (χ4v) is 4.52. The van der Waals surface area contributed by atoms with Crippen molar-refractivity contribution >= 4 is 17.5 Å². The second-order valence-electron chi connectivity index (χ2n) is 8.42. The SMILES string of the molecule is Cc1cc(C(=O)NCC2CCC(C(=O)NCCN3CCc4ccccc43)CC2)on1. The van der Waals surface area contributed by atoms with Gasteiger partial charge in [0.1, 0.15) is 0 Å². The first kappa shape index (κ1) is 20.4. The number of aryl methyl sites for hydroxylation is 1. The first-order chi connectivity index (χ1) is 14.6. The summed E-state index contributed by atoms with van der Waals surface area (Å²) in [5.41, 5.74) is 3.39. The van der Waals surface area contributed by atoms with E-state index >= 15 is 0 Å². The zero-order chi connectivity index (χ0) is 20.9. The second kappa shape index (κ2) is 9.32. The first-order valence-electron chi connectivity index (χ1n) is 10.9. The largest absolute Gasteiger partial charge is 0.369 e. The Morgan fingerprint density at radius 2 is 1.97 bits per heavy atom. The van der Waals surface area contributed by atoms with Crippen LogP contribution in [0.25, 0.3) is 0 Å². The Morgan fingerprint density at radius 3 is 2.73 bits per heavy atom. The highest BCUT2D eigenvalue weighted by molar-refractivity contribution is 5.91. The predicted octanol–water partition coefficient (Wildman–Crippen LogP) is 2.70. The van der Waals surface area contributed by atoms with Crippen molar-refractivity contribution in [1.82, 2.24) is 15.8 Å². The lowest BCUT2D eigenvalue weighted by molar-refractivity contribution is -0.126. The fourth-order valence-electron chi connectivity index (χ4n) is 4.52. The molecule has 2 N–H and O–H groups in total. The molecule has 30 heavy (non-hydrogen) atoms. The van der Waals surface area contributed by atoms with Crippen molar-refractivity contribution < 1.29 is 14.1 Å². The number of nitrogens with one attached hydrogen (secondary N) is 2. The molecule has 1 aromatic carbocycles. The Labute approximate surface area is 177 Å². The van der Waals surface area contributed by atoms with Gasteiger partial charge in [-0.1, -0.05) is 23.4 Å². The van der Waals surface area contributed by atoms with Crippen molar-refractivity contribution in [2.75, 3.05) is 31.1 Å². The van der Waals surface area contributed by atoms with Gasteiger partial charge in [0, 0.05) is 43.9 Å². The van der Waals surface area contributed by atoms with Crippen LogP contribution in [0.1, 0.15) is 47.5 Å². The molecular weight excluding hydrogens is 380 g/mol. The van der Waals surface area contributed by atoms with Crippen molar-refractivity contribution in [3.05, 3.63) is 47.3 Å². The normalized spacial score (nSPS) is 20.6. The number of nitrogens with zero attached hydrogens (tertiary/aromatic N) is 2. The molecule has 1 aliphatic heterocycles. The highest BCUT2D eigenvalue weighted by Crippen LogP contribution is 2.29. The van der Waals surface area contributed by atoms with Gasteiger partial charge in [0.25, 0.3) is 5.91 Å². The van der Waals surface area contributed by atoms with E-state index in [0.717, 1.165) is 45.2 Å². The van der Waals surface area contributed by atoms with Crippen molar-refractivity contribution in [2.45, 2.75) is 39.0 Å². The molecule has 2 aromatic rings. The number of benzene rings is 1. The Hall–Kier alpha value is -2.83. The maximum atomic E-state index is 12.6. The number of hydrogen-bond donors (Lipinski definition) is 2. The molecule has 1 fully saturated rings. The van der Waals surface area contributed by atoms with Crippen LogP contribution in [-0.4, -0.2) is 43.2 Å². The molecule has 0 bridgehead atoms. The number of amides is 2. The minimum Gasteiger partial charge on any atom is -0.369 e. The van der Waals surface area contributed by atoms with Gasteiger partial charge in [-0.2, -0.15) is 0 Å². The minimum absolute atomic E-state index is 0.0831. The van der Waals surface area contributed by atoms with E-state index in [9.17, 15) is 9.59 Å². The number of carbonyl (C=O) groups is 2. The maximum Gasteiger partial charge on any atom is 0.289 e. The standard InChI is InChI=1S/C23H30N4O3/c1-16-14-21(30-26-16)23(29)25-15-17-6-8-19(9-7-17)22(28)24-11-13-27-12-10-18-4-2-3-5-20(18)27/h2-5,14,17,19H,6-13,15H2,1H3,(H,24,28)(H,25,29). The lowest BCUT2D eigenvalue weighted by Crippen LogP contribution is -2.39. The number of aromatic nitrogens is 1. The molecule has 4 rings (SSSR count). The monoisotopic (exact) mass is 410 g/mol. The van der Waals surface area contributed by atoms with Crippen LogP contribution in [0.5, 0.6) is 0 Å². The zero-order valence-corrected chi connectivity index (χ0v) is 17.5. The summed E-state index contributed by atoms with van der Waals surface area (Å²) in [5.74, 6) is 0.685. The van der Waals surface area contributed by atoms with Crippen molar-refractivity contribution in [3.8, 4) is 0 Å². The van der Waals surface area contributed by atoms with Gasteiger partial charge in [-0.3, -0.25) is 9.59 Å². The minimum atomic E-state index is -0.223. The third kappa shape index (κ3) is 4.83. The Morgan fingerprint density at radius 1 is 1.17 bits per heavy atom. The van der Waals surface area contributed by atoms with Gasteiger partial charge in [0.2, 0.25) is 11.7 Å². The van der Waals surface area contributed by atoms with E-state index in [1.165, 1.54) is 11.3 Å². The highest BCUT2D eigenvalue weighted by Gasteiger charge is 2.27. The van der Waals surface area contributed by atoms with E-state index in [0.29, 0.717) is 24.7 Å². The van der Waals surface area contributed by atoms with Crippen LogP contribution in [0.4, 0.5) is 5.69 Å². The maximum absolute atomic E-state index is 12.6. The van der Waals surface area contributed by atoms with Crippen LogP contribution in [0.15, 0.2) is 34.9 Å². The number of carbonyl (C=O) groups excluding carboxylic acids is 2. The van der Waals surface area contributed by atoms with Crippen LogP contribution in [0.2, 0.25) is 0 Å². The van der Waals surface area contributed by atoms with Crippen molar-refractivity contribution in [3.63, 3.8) is 0 Å². The number of hydrogen-bond acceptors (Lipinski definition) is 5. The van der Waals surface area contributed by atoms with Crippen molar-refractivity contribution in [2.24, 2.45) is 11.8 Å². The summed E-state index contributed by atoms with van der Waals surface area (Å²) in [6.07, 6.45) is 4.74. The molecule has 0 atom stereocenters. The molecule has 2 heterocycles. The van der Waals surface area contributed by atoms with Crippen LogP contribution in [-0.2, 0) is 11.2 Å². The topological polar surface area (TPSA) is 87.5 Å². The quantitative estimate of drug-likeness (QED) is 0.733. The molecule has 160 valence electrons. The summed E-state index contributed by atoms with van der Waals surface area (Å²) >= 11 is 0. The summed E-state index contributed by atoms with van der Waals surface area (Å²) < 4.78 is 4.99. The number of para-hydroxylation sites is 1. The molecule has 7 heteroatoms. The average Bonchev–Trinajstić information content (AvgIpc) is 3.39. The second-order valence-corrected chi connectivity index (χ2v) is 8.42. The van der Waals surface area contributed by atoms with Gasteiger partial charge in [0.15, 0.2) is 0 Å². The lowest BCUT2D eigenvalue weighted by atomic mass is 9.81. The number of fused-ring (bicyclic) bond motifs is 1. The van der Waals surface area contributed by atoms with Gasteiger partial charge in [-0.05, 0) is 56.6 Å². The lowest BCUT2D eigenvalue weighted by Gasteiger charge is -2.28. The van der Waals surface area contributed by atoms with Gasteiger partial charge < -0.3 is 20.1 Å². The molecule has 1 saturated carbocycles. The average molecular weight is 411 g/mol. The van der Waals surface area contributed by atoms with E-state index in [2.05, 4.69) is 45.0 Å². The number of rotatable bonds is 7. The van der Waals surface area contributed by atoms with E-state index in [1.807, 2.05) is 0 Å². The van der Waals surface area contributed by atoms with Crippen LogP contribution in [0, 0.1) is 18.8 Å². The molecule has 2 amide bonds. The molecule has 1 aliphatic carbocycles. The smallest absolute Gasteiger partial charge is 0.289 e. The molecule has 0 unspecified atom stereocenters. The Balaban J connectivity index is 1.14. The van der Waals surface area contributed by atoms with Crippen LogP contribution in [0.3, 0.4) is 0 Å². The Bertz CT molecular complexity index is 886. The third-order valence-electron chi connectivity index (χ3n) is 6.28. The summed E-state index contributed by atoms with van der Waals surface area (Å²) in [4.78, 5) is 27.0. The molecular formula is C23H30N4O3. The predicted molar refractivity (Wildman–Crippen MR) is 114 cm³/mol. The van der Waals surface area contributed by atoms with Gasteiger partial charge in [-0.25, -0.2) is 0 Å². The third-order valence-corrected chi connectivity index (χ3v) is 6.28. The van der Waals surface area contributed by atoms with E-state index in [4.69, 9.17) is 4.52 Å². The van der Waals surface area contributed by atoms with E-state index in [1.54, 1.807) is 13.0 Å². The first-order valence-corrected chi connectivity index (χ1v) is 10.9. The van der Waals surface area contributed by atoms with Gasteiger partial charge in [-0.15, -0.1) is 0 Å². The zero-order valence-electron chi connectivity index (χ0n) is 17.5. The molecule has 2 aliphatic rings. The fraction of sp³-hybridized carbons (Fsp3) is 0.522. The molecule has 0 radical (unpaired) electrons. The van der Waals surface area contributed by atoms with Crippen LogP contribution >= 0.6 is 0 Å². The summed E-state index contributed by atoms with van der Waals surface area (Å²) in [7, 11) is 0. The van der Waals surface area contributed by atoms with Gasteiger partial charge in [0.05, 0.1) is 5.69 Å². The summed E-state index contributed by atoms with van der Waals surface area (Å²) in [6, 6.07) is 10.1. The molecule has 0 spiro atoms.